The van der Waals surface area contributed by atoms with Crippen LogP contribution in [0.25, 0.3) is 0 Å². The minimum atomic E-state index is -1.13. The number of carboxylic acids is 1. The predicted octanol–water partition coefficient (Wildman–Crippen LogP) is 6.29. The molecule has 246 valence electrons. The number of ether oxygens (including phenoxy) is 3. The van der Waals surface area contributed by atoms with Gasteiger partial charge in [0.2, 0.25) is 0 Å². The molecule has 2 unspecified atom stereocenters. The lowest BCUT2D eigenvalue weighted by Crippen LogP contribution is -2.55. The van der Waals surface area contributed by atoms with Crippen LogP contribution in [0.5, 0.6) is 0 Å². The van der Waals surface area contributed by atoms with Crippen molar-refractivity contribution in [2.75, 3.05) is 41.0 Å². The minimum absolute atomic E-state index is 0.0408. The van der Waals surface area contributed by atoms with Crippen LogP contribution in [0, 0.1) is 0 Å². The van der Waals surface area contributed by atoms with Crippen LogP contribution in [0.3, 0.4) is 0 Å². The summed E-state index contributed by atoms with van der Waals surface area (Å²) in [5, 5.41) is 11.5. The molecular formula is C34H63NO7. The van der Waals surface area contributed by atoms with Gasteiger partial charge in [-0.2, -0.15) is 0 Å². The van der Waals surface area contributed by atoms with Crippen LogP contribution in [0.1, 0.15) is 136 Å². The summed E-state index contributed by atoms with van der Waals surface area (Å²) in [6.45, 7) is 4.55. The van der Waals surface area contributed by atoms with Crippen molar-refractivity contribution in [2.45, 2.75) is 148 Å². The fourth-order valence-corrected chi connectivity index (χ4v) is 4.70. The molecule has 0 aliphatic carbocycles. The van der Waals surface area contributed by atoms with Gasteiger partial charge < -0.3 is 28.6 Å². The molecule has 0 spiro atoms. The van der Waals surface area contributed by atoms with E-state index in [9.17, 15) is 19.5 Å². The molecule has 0 saturated heterocycles. The molecule has 0 aromatic rings. The number of carboxylic acid groups (broad SMARTS) is 1. The van der Waals surface area contributed by atoms with Crippen LogP contribution in [0.2, 0.25) is 0 Å². The first-order valence-corrected chi connectivity index (χ1v) is 16.7. The van der Waals surface area contributed by atoms with Gasteiger partial charge >= 0.3 is 11.9 Å². The molecule has 0 fully saturated rings. The number of carbonyl (C=O) groups excluding carboxylic acids is 3. The number of hydrogen-bond donors (Lipinski definition) is 0. The lowest BCUT2D eigenvalue weighted by Gasteiger charge is -2.34. The van der Waals surface area contributed by atoms with Gasteiger partial charge in [-0.3, -0.25) is 9.59 Å². The van der Waals surface area contributed by atoms with E-state index >= 15 is 0 Å². The van der Waals surface area contributed by atoms with Crippen LogP contribution in [-0.2, 0) is 28.6 Å². The molecule has 42 heavy (non-hydrogen) atoms. The van der Waals surface area contributed by atoms with Gasteiger partial charge in [-0.1, -0.05) is 96.6 Å². The number of esters is 2. The van der Waals surface area contributed by atoms with Crippen LogP contribution in [-0.4, -0.2) is 75.5 Å². The average Bonchev–Trinajstić information content (AvgIpc) is 2.92. The number of carbonyl (C=O) groups is 3. The number of nitrogens with zero attached hydrogens (tertiary/aromatic N) is 1. The molecule has 8 heteroatoms. The Morgan fingerprint density at radius 3 is 1.79 bits per heavy atom. The Morgan fingerprint density at radius 2 is 1.21 bits per heavy atom. The molecule has 8 nitrogen and oxygen atoms in total. The largest absolute Gasteiger partial charge is 0.544 e. The zero-order chi connectivity index (χ0) is 31.5. The van der Waals surface area contributed by atoms with Crippen LogP contribution < -0.4 is 5.11 Å². The van der Waals surface area contributed by atoms with Crippen molar-refractivity contribution in [3.63, 3.8) is 0 Å². The zero-order valence-electron chi connectivity index (χ0n) is 27.7. The van der Waals surface area contributed by atoms with E-state index in [-0.39, 0.29) is 42.7 Å². The summed E-state index contributed by atoms with van der Waals surface area (Å²) in [4.78, 5) is 36.3. The van der Waals surface area contributed by atoms with E-state index in [1.807, 2.05) is 0 Å². The van der Waals surface area contributed by atoms with Crippen molar-refractivity contribution in [1.29, 1.82) is 0 Å². The summed E-state index contributed by atoms with van der Waals surface area (Å²) >= 11 is 0. The Hall–Kier alpha value is -1.93. The fourth-order valence-electron chi connectivity index (χ4n) is 4.70. The van der Waals surface area contributed by atoms with Gasteiger partial charge in [0.1, 0.15) is 12.6 Å². The maximum absolute atomic E-state index is 12.5. The first-order chi connectivity index (χ1) is 20.1. The molecule has 0 saturated carbocycles. The van der Waals surface area contributed by atoms with E-state index in [4.69, 9.17) is 14.2 Å². The number of rotatable bonds is 29. The second-order valence-electron chi connectivity index (χ2n) is 12.4. The summed E-state index contributed by atoms with van der Waals surface area (Å²) in [6.07, 6.45) is 22.4. The monoisotopic (exact) mass is 597 g/mol. The summed E-state index contributed by atoms with van der Waals surface area (Å²) in [7, 11) is 5.38. The first kappa shape index (κ1) is 40.1. The van der Waals surface area contributed by atoms with Gasteiger partial charge in [-0.05, 0) is 32.1 Å². The van der Waals surface area contributed by atoms with Gasteiger partial charge in [0.25, 0.3) is 0 Å². The SMILES string of the molecule is CCCC/C=C/CCCCCCC(=O)OCC(COCCC(C(=O)[O-])[N+](C)(C)C)OC(=O)CCCCCCCCCC. The zero-order valence-corrected chi connectivity index (χ0v) is 27.7. The summed E-state index contributed by atoms with van der Waals surface area (Å²) in [5.41, 5.74) is 0. The van der Waals surface area contributed by atoms with Gasteiger partial charge in [-0.15, -0.1) is 0 Å². The number of unbranched alkanes of at least 4 members (excludes halogenated alkanes) is 13. The fraction of sp³-hybridized carbons (Fsp3) is 0.853. The van der Waals surface area contributed by atoms with Crippen LogP contribution in [0.15, 0.2) is 12.2 Å². The third-order valence-corrected chi connectivity index (χ3v) is 7.40. The number of hydrogen-bond acceptors (Lipinski definition) is 7. The highest BCUT2D eigenvalue weighted by atomic mass is 16.6. The summed E-state index contributed by atoms with van der Waals surface area (Å²) in [6, 6.07) is -0.720. The van der Waals surface area contributed by atoms with E-state index in [1.165, 1.54) is 44.9 Å². The van der Waals surface area contributed by atoms with E-state index in [1.54, 1.807) is 21.1 Å². The molecule has 0 amide bonds. The summed E-state index contributed by atoms with van der Waals surface area (Å²) in [5.74, 6) is -1.76. The van der Waals surface area contributed by atoms with Crippen molar-refractivity contribution in [3.8, 4) is 0 Å². The third kappa shape index (κ3) is 24.6. The molecule has 0 aromatic heterocycles. The van der Waals surface area contributed by atoms with Gasteiger partial charge in [0.05, 0.1) is 40.3 Å². The third-order valence-electron chi connectivity index (χ3n) is 7.40. The molecule has 0 rings (SSSR count). The molecule has 0 aromatic carbocycles. The molecular weight excluding hydrogens is 534 g/mol. The van der Waals surface area contributed by atoms with Crippen molar-refractivity contribution in [1.82, 2.24) is 0 Å². The molecule has 0 aliphatic rings. The van der Waals surface area contributed by atoms with Crippen molar-refractivity contribution in [2.24, 2.45) is 0 Å². The van der Waals surface area contributed by atoms with E-state index < -0.39 is 18.1 Å². The Bertz CT molecular complexity index is 717. The average molecular weight is 598 g/mol. The number of quaternary nitrogens is 1. The van der Waals surface area contributed by atoms with Gasteiger partial charge in [0, 0.05) is 19.3 Å². The van der Waals surface area contributed by atoms with Crippen molar-refractivity contribution >= 4 is 17.9 Å². The topological polar surface area (TPSA) is 102 Å². The molecule has 2 atom stereocenters. The van der Waals surface area contributed by atoms with E-state index in [0.29, 0.717) is 12.8 Å². The molecule has 0 N–H and O–H groups in total. The number of aliphatic carboxylic acids is 1. The van der Waals surface area contributed by atoms with Crippen molar-refractivity contribution < 1.29 is 38.2 Å². The second-order valence-corrected chi connectivity index (χ2v) is 12.4. The highest BCUT2D eigenvalue weighted by Gasteiger charge is 2.25. The summed E-state index contributed by atoms with van der Waals surface area (Å²) < 4.78 is 16.9. The lowest BCUT2D eigenvalue weighted by atomic mass is 10.1. The Labute approximate surface area is 257 Å². The molecule has 0 heterocycles. The van der Waals surface area contributed by atoms with Crippen molar-refractivity contribution in [3.05, 3.63) is 12.2 Å². The number of allylic oxidation sites excluding steroid dienone is 2. The highest BCUT2D eigenvalue weighted by molar-refractivity contribution is 5.70. The Kier molecular flexibility index (Phi) is 25.5. The molecule has 0 radical (unpaired) electrons. The Balaban J connectivity index is 4.50. The van der Waals surface area contributed by atoms with Gasteiger partial charge in [-0.25, -0.2) is 0 Å². The maximum atomic E-state index is 12.5. The quantitative estimate of drug-likeness (QED) is 0.0432. The van der Waals surface area contributed by atoms with Crippen LogP contribution >= 0.6 is 0 Å². The molecule has 0 aliphatic heterocycles. The smallest absolute Gasteiger partial charge is 0.306 e. The van der Waals surface area contributed by atoms with E-state index in [2.05, 4.69) is 26.0 Å². The first-order valence-electron chi connectivity index (χ1n) is 16.7. The van der Waals surface area contributed by atoms with Gasteiger partial charge in [0.15, 0.2) is 6.10 Å². The minimum Gasteiger partial charge on any atom is -0.544 e. The predicted molar refractivity (Wildman–Crippen MR) is 167 cm³/mol. The molecule has 0 bridgehead atoms. The van der Waals surface area contributed by atoms with Crippen LogP contribution in [0.4, 0.5) is 0 Å². The highest BCUT2D eigenvalue weighted by Crippen LogP contribution is 2.12. The standard InChI is InChI=1S/C34H63NO7/c1-6-8-10-12-14-16-17-19-20-22-24-32(36)41-29-30(28-40-27-26-31(34(38)39)35(3,4)5)42-33(37)25-23-21-18-15-13-11-9-7-2/h12,14,30-31H,6-11,13,15-29H2,1-5H3/b14-12+. The Morgan fingerprint density at radius 1 is 0.690 bits per heavy atom. The van der Waals surface area contributed by atoms with E-state index in [0.717, 1.165) is 57.8 Å². The lowest BCUT2D eigenvalue weighted by molar-refractivity contribution is -0.889. The maximum Gasteiger partial charge on any atom is 0.306 e. The second kappa shape index (κ2) is 26.7. The number of likely N-dealkylation sites (N-methyl/N-ethyl adjacent to an activating group) is 1. The normalized spacial score (nSPS) is 13.3.